The van der Waals surface area contributed by atoms with Crippen molar-refractivity contribution in [3.05, 3.63) is 66.7 Å². The number of aromatic nitrogens is 4. The fourth-order valence-corrected chi connectivity index (χ4v) is 4.11. The maximum absolute atomic E-state index is 13.4. The molecular weight excluding hydrogens is 455 g/mol. The average Bonchev–Trinajstić information content (AvgIpc) is 2.78. The number of nitrogens with zero attached hydrogens (tertiary/aromatic N) is 4. The van der Waals surface area contributed by atoms with E-state index in [0.717, 1.165) is 6.07 Å². The van der Waals surface area contributed by atoms with Gasteiger partial charge in [-0.05, 0) is 50.2 Å². The number of rotatable bonds is 5. The van der Waals surface area contributed by atoms with Gasteiger partial charge in [-0.25, -0.2) is 23.4 Å². The van der Waals surface area contributed by atoms with Crippen molar-refractivity contribution in [2.75, 3.05) is 5.32 Å². The maximum Gasteiger partial charge on any atom is 0.418 e. The van der Waals surface area contributed by atoms with E-state index in [1.807, 2.05) is 0 Å². The van der Waals surface area contributed by atoms with Crippen molar-refractivity contribution < 1.29 is 21.6 Å². The molecule has 11 heteroatoms. The van der Waals surface area contributed by atoms with Gasteiger partial charge in [-0.15, -0.1) is 0 Å². The summed E-state index contributed by atoms with van der Waals surface area (Å²) in [6.45, 7) is 3.15. The molecule has 4 rings (SSSR count). The summed E-state index contributed by atoms with van der Waals surface area (Å²) in [4.78, 5) is 16.3. The van der Waals surface area contributed by atoms with E-state index in [0.29, 0.717) is 22.4 Å². The molecule has 3 heterocycles. The molecule has 0 aliphatic heterocycles. The Bertz CT molecular complexity index is 1420. The predicted octanol–water partition coefficient (Wildman–Crippen LogP) is 5.03. The first-order valence-corrected chi connectivity index (χ1v) is 11.4. The van der Waals surface area contributed by atoms with Crippen LogP contribution in [0.4, 0.5) is 24.7 Å². The molecule has 1 N–H and O–H groups in total. The van der Waals surface area contributed by atoms with E-state index in [1.165, 1.54) is 43.0 Å². The summed E-state index contributed by atoms with van der Waals surface area (Å²) in [5.74, 6) is 0.393. The predicted molar refractivity (Wildman–Crippen MR) is 118 cm³/mol. The third-order valence-electron chi connectivity index (χ3n) is 4.93. The van der Waals surface area contributed by atoms with E-state index >= 15 is 0 Å². The number of sulfone groups is 1. The number of anilines is 2. The molecule has 7 nitrogen and oxygen atoms in total. The smallest absolute Gasteiger partial charge is 0.338 e. The van der Waals surface area contributed by atoms with Gasteiger partial charge in [0.1, 0.15) is 12.1 Å². The minimum atomic E-state index is -4.54. The van der Waals surface area contributed by atoms with Gasteiger partial charge in [-0.2, -0.15) is 13.2 Å². The molecule has 0 saturated heterocycles. The Hall–Kier alpha value is -3.60. The van der Waals surface area contributed by atoms with Crippen molar-refractivity contribution in [3.8, 4) is 11.3 Å². The van der Waals surface area contributed by atoms with Crippen molar-refractivity contribution in [2.45, 2.75) is 30.3 Å². The Morgan fingerprint density at radius 2 is 1.76 bits per heavy atom. The maximum atomic E-state index is 13.4. The second kappa shape index (κ2) is 8.39. The van der Waals surface area contributed by atoms with Crippen LogP contribution in [0.3, 0.4) is 0 Å². The van der Waals surface area contributed by atoms with E-state index in [1.54, 1.807) is 26.0 Å². The topological polar surface area (TPSA) is 97.7 Å². The number of fused-ring (bicyclic) bond motifs is 1. The van der Waals surface area contributed by atoms with Crippen LogP contribution in [0.25, 0.3) is 22.2 Å². The van der Waals surface area contributed by atoms with Gasteiger partial charge < -0.3 is 5.32 Å². The normalized spacial score (nSPS) is 12.3. The molecule has 0 amide bonds. The first kappa shape index (κ1) is 22.6. The molecule has 0 aliphatic rings. The van der Waals surface area contributed by atoms with Gasteiger partial charge in [0.15, 0.2) is 14.9 Å². The van der Waals surface area contributed by atoms with Gasteiger partial charge in [-0.1, -0.05) is 6.07 Å². The second-order valence-electron chi connectivity index (χ2n) is 7.46. The summed E-state index contributed by atoms with van der Waals surface area (Å²) in [6, 6.07) is 9.82. The SMILES string of the molecule is CC(C)S(=O)(=O)c1ccc(Nc2ncnc3cc(-c4ncccc4C(F)(F)F)ccc23)cn1. The van der Waals surface area contributed by atoms with Crippen LogP contribution in [-0.4, -0.2) is 33.6 Å². The Morgan fingerprint density at radius 1 is 0.970 bits per heavy atom. The Labute approximate surface area is 187 Å². The minimum Gasteiger partial charge on any atom is -0.338 e. The molecule has 3 aromatic heterocycles. The van der Waals surface area contributed by atoms with E-state index < -0.39 is 26.8 Å². The Kier molecular flexibility index (Phi) is 5.75. The van der Waals surface area contributed by atoms with Gasteiger partial charge in [0.2, 0.25) is 0 Å². The van der Waals surface area contributed by atoms with Gasteiger partial charge >= 0.3 is 6.18 Å². The zero-order valence-electron chi connectivity index (χ0n) is 17.5. The average molecular weight is 473 g/mol. The summed E-state index contributed by atoms with van der Waals surface area (Å²) in [6.07, 6.45) is -0.583. The highest BCUT2D eigenvalue weighted by Crippen LogP contribution is 2.36. The number of hydrogen-bond donors (Lipinski definition) is 1. The summed E-state index contributed by atoms with van der Waals surface area (Å²) >= 11 is 0. The van der Waals surface area contributed by atoms with Gasteiger partial charge in [-0.3, -0.25) is 4.98 Å². The molecule has 0 unspecified atom stereocenters. The molecular formula is C22H18F3N5O2S. The van der Waals surface area contributed by atoms with Crippen LogP contribution in [-0.2, 0) is 16.0 Å². The molecule has 0 spiro atoms. The zero-order chi connectivity index (χ0) is 23.8. The third kappa shape index (κ3) is 4.49. The molecule has 0 fully saturated rings. The molecule has 0 bridgehead atoms. The molecule has 0 radical (unpaired) electrons. The largest absolute Gasteiger partial charge is 0.418 e. The lowest BCUT2D eigenvalue weighted by Crippen LogP contribution is -2.15. The standard InChI is InChI=1S/C22H18F3N5O2S/c1-13(2)33(31,32)19-8-6-15(11-27-19)30-21-16-7-5-14(10-18(16)28-12-29-21)20-17(22(23,24)25)4-3-9-26-20/h3-13H,1-2H3,(H,28,29,30). The number of pyridine rings is 2. The van der Waals surface area contributed by atoms with Crippen molar-refractivity contribution >= 4 is 32.2 Å². The molecule has 0 saturated carbocycles. The van der Waals surface area contributed by atoms with E-state index in [-0.39, 0.29) is 16.3 Å². The van der Waals surface area contributed by atoms with Crippen molar-refractivity contribution in [1.29, 1.82) is 0 Å². The zero-order valence-corrected chi connectivity index (χ0v) is 18.3. The first-order chi connectivity index (χ1) is 15.6. The summed E-state index contributed by atoms with van der Waals surface area (Å²) in [5, 5.41) is 2.98. The number of halogens is 3. The summed E-state index contributed by atoms with van der Waals surface area (Å²) < 4.78 is 64.6. The number of alkyl halides is 3. The van der Waals surface area contributed by atoms with Gasteiger partial charge in [0, 0.05) is 17.1 Å². The Morgan fingerprint density at radius 3 is 2.42 bits per heavy atom. The molecule has 1 aromatic carbocycles. The summed E-state index contributed by atoms with van der Waals surface area (Å²) in [7, 11) is -3.50. The third-order valence-corrected chi connectivity index (χ3v) is 7.00. The lowest BCUT2D eigenvalue weighted by Gasteiger charge is -2.13. The fourth-order valence-electron chi connectivity index (χ4n) is 3.17. The first-order valence-electron chi connectivity index (χ1n) is 9.81. The molecule has 4 aromatic rings. The Balaban J connectivity index is 1.68. The lowest BCUT2D eigenvalue weighted by atomic mass is 10.0. The van der Waals surface area contributed by atoms with Crippen LogP contribution in [0.2, 0.25) is 0 Å². The van der Waals surface area contributed by atoms with Crippen LogP contribution < -0.4 is 5.32 Å². The highest BCUT2D eigenvalue weighted by atomic mass is 32.2. The molecule has 0 aliphatic carbocycles. The number of nitrogens with one attached hydrogen (secondary N) is 1. The number of benzene rings is 1. The van der Waals surface area contributed by atoms with Crippen molar-refractivity contribution in [3.63, 3.8) is 0 Å². The van der Waals surface area contributed by atoms with E-state index in [9.17, 15) is 21.6 Å². The molecule has 33 heavy (non-hydrogen) atoms. The number of hydrogen-bond acceptors (Lipinski definition) is 7. The minimum absolute atomic E-state index is 0.0314. The van der Waals surface area contributed by atoms with Crippen LogP contribution in [0.1, 0.15) is 19.4 Å². The highest BCUT2D eigenvalue weighted by Gasteiger charge is 2.34. The fraction of sp³-hybridized carbons (Fsp3) is 0.182. The second-order valence-corrected chi connectivity index (χ2v) is 9.91. The molecule has 0 atom stereocenters. The quantitative estimate of drug-likeness (QED) is 0.434. The van der Waals surface area contributed by atoms with Gasteiger partial charge in [0.05, 0.1) is 33.9 Å². The van der Waals surface area contributed by atoms with Crippen molar-refractivity contribution in [2.24, 2.45) is 0 Å². The molecule has 170 valence electrons. The van der Waals surface area contributed by atoms with Gasteiger partial charge in [0.25, 0.3) is 0 Å². The van der Waals surface area contributed by atoms with Crippen LogP contribution in [0.5, 0.6) is 0 Å². The highest BCUT2D eigenvalue weighted by molar-refractivity contribution is 7.91. The van der Waals surface area contributed by atoms with E-state index in [4.69, 9.17) is 0 Å². The lowest BCUT2D eigenvalue weighted by molar-refractivity contribution is -0.137. The van der Waals surface area contributed by atoms with Crippen molar-refractivity contribution in [1.82, 2.24) is 19.9 Å². The van der Waals surface area contributed by atoms with Crippen LogP contribution in [0.15, 0.2) is 66.2 Å². The van der Waals surface area contributed by atoms with Crippen LogP contribution >= 0.6 is 0 Å². The van der Waals surface area contributed by atoms with E-state index in [2.05, 4.69) is 25.3 Å². The summed E-state index contributed by atoms with van der Waals surface area (Å²) in [5.41, 5.74) is 0.150. The van der Waals surface area contributed by atoms with Crippen LogP contribution in [0, 0.1) is 0 Å². The monoisotopic (exact) mass is 473 g/mol.